The molecule has 0 radical (unpaired) electrons. The number of hydrogen-bond acceptors (Lipinski definition) is 3. The van der Waals surface area contributed by atoms with Gasteiger partial charge in [-0.3, -0.25) is 4.98 Å². The van der Waals surface area contributed by atoms with E-state index in [1.807, 2.05) is 26.2 Å². The molecule has 0 aromatic carbocycles. The summed E-state index contributed by atoms with van der Waals surface area (Å²) in [5.41, 5.74) is 1.06. The predicted octanol–water partition coefficient (Wildman–Crippen LogP) is 2.03. The third kappa shape index (κ3) is 3.58. The van der Waals surface area contributed by atoms with E-state index in [-0.39, 0.29) is 11.6 Å². The molecule has 0 amide bonds. The maximum absolute atomic E-state index is 5.77. The van der Waals surface area contributed by atoms with E-state index in [0.29, 0.717) is 0 Å². The number of pyridine rings is 1. The molecular formula is C13H22N2O. The van der Waals surface area contributed by atoms with E-state index in [4.69, 9.17) is 4.74 Å². The molecule has 0 aliphatic heterocycles. The summed E-state index contributed by atoms with van der Waals surface area (Å²) in [5.74, 6) is 0. The van der Waals surface area contributed by atoms with E-state index in [9.17, 15) is 0 Å². The minimum absolute atomic E-state index is 0.167. The topological polar surface area (TPSA) is 34.1 Å². The molecular weight excluding hydrogens is 200 g/mol. The lowest BCUT2D eigenvalue weighted by molar-refractivity contribution is -0.0363. The third-order valence-corrected chi connectivity index (χ3v) is 2.87. The fraction of sp³-hybridized carbons (Fsp3) is 0.615. The maximum atomic E-state index is 5.77. The fourth-order valence-corrected chi connectivity index (χ4v) is 1.92. The Hall–Kier alpha value is -0.930. The van der Waals surface area contributed by atoms with Gasteiger partial charge in [-0.25, -0.2) is 0 Å². The quantitative estimate of drug-likeness (QED) is 0.799. The lowest BCUT2D eigenvalue weighted by atomic mass is 9.93. The van der Waals surface area contributed by atoms with Crippen molar-refractivity contribution in [2.24, 2.45) is 0 Å². The van der Waals surface area contributed by atoms with Crippen molar-refractivity contribution in [1.29, 1.82) is 0 Å². The molecule has 3 nitrogen and oxygen atoms in total. The summed E-state index contributed by atoms with van der Waals surface area (Å²) in [4.78, 5) is 4.13. The Morgan fingerprint density at radius 2 is 2.25 bits per heavy atom. The first-order valence-corrected chi connectivity index (χ1v) is 5.80. The molecule has 1 aromatic heterocycles. The van der Waals surface area contributed by atoms with Crippen molar-refractivity contribution in [3.8, 4) is 0 Å². The first-order valence-electron chi connectivity index (χ1n) is 5.80. The Balaban J connectivity index is 2.69. The number of hydrogen-bond donors (Lipinski definition) is 1. The van der Waals surface area contributed by atoms with Crippen LogP contribution in [-0.2, 0) is 11.2 Å². The highest BCUT2D eigenvalue weighted by atomic mass is 16.5. The van der Waals surface area contributed by atoms with Crippen molar-refractivity contribution in [2.75, 3.05) is 13.7 Å². The molecule has 90 valence electrons. The summed E-state index contributed by atoms with van der Waals surface area (Å²) in [6.07, 6.45) is 4.63. The number of nitrogens with one attached hydrogen (secondary N) is 1. The molecule has 1 aromatic rings. The van der Waals surface area contributed by atoms with Crippen molar-refractivity contribution in [1.82, 2.24) is 10.3 Å². The van der Waals surface area contributed by atoms with E-state index < -0.39 is 0 Å². The fourth-order valence-electron chi connectivity index (χ4n) is 1.92. The van der Waals surface area contributed by atoms with Gasteiger partial charge in [0.2, 0.25) is 0 Å². The number of rotatable bonds is 6. The zero-order valence-corrected chi connectivity index (χ0v) is 10.7. The van der Waals surface area contributed by atoms with Crippen molar-refractivity contribution in [2.45, 2.75) is 38.8 Å². The smallest absolute Gasteiger partial charge is 0.0781 e. The SMILES string of the molecule is CCOC(C)(C)C(Cc1cccnc1)NC. The van der Waals surface area contributed by atoms with Crippen LogP contribution in [0.4, 0.5) is 0 Å². The molecule has 0 fully saturated rings. The summed E-state index contributed by atoms with van der Waals surface area (Å²) < 4.78 is 5.77. The Morgan fingerprint density at radius 3 is 2.75 bits per heavy atom. The number of likely N-dealkylation sites (N-methyl/N-ethyl adjacent to an activating group) is 1. The lowest BCUT2D eigenvalue weighted by Gasteiger charge is -2.34. The van der Waals surface area contributed by atoms with Gasteiger partial charge in [0, 0.05) is 25.0 Å². The van der Waals surface area contributed by atoms with Crippen LogP contribution in [0.15, 0.2) is 24.5 Å². The number of nitrogens with zero attached hydrogens (tertiary/aromatic N) is 1. The molecule has 1 rings (SSSR count). The van der Waals surface area contributed by atoms with E-state index >= 15 is 0 Å². The van der Waals surface area contributed by atoms with Crippen LogP contribution < -0.4 is 5.32 Å². The van der Waals surface area contributed by atoms with Crippen molar-refractivity contribution < 1.29 is 4.74 Å². The molecule has 1 heterocycles. The molecule has 0 bridgehead atoms. The van der Waals surface area contributed by atoms with Crippen molar-refractivity contribution in [3.05, 3.63) is 30.1 Å². The first-order chi connectivity index (χ1) is 7.60. The van der Waals surface area contributed by atoms with Gasteiger partial charge in [-0.05, 0) is 45.9 Å². The zero-order valence-electron chi connectivity index (χ0n) is 10.7. The average molecular weight is 222 g/mol. The maximum Gasteiger partial charge on any atom is 0.0781 e. The van der Waals surface area contributed by atoms with Gasteiger partial charge in [-0.2, -0.15) is 0 Å². The number of aromatic nitrogens is 1. The summed E-state index contributed by atoms with van der Waals surface area (Å²) in [5, 5.41) is 3.32. The van der Waals surface area contributed by atoms with E-state index in [1.165, 1.54) is 5.56 Å². The number of ether oxygens (including phenoxy) is 1. The standard InChI is InChI=1S/C13H22N2O/c1-5-16-13(2,3)12(14-4)9-11-7-6-8-15-10-11/h6-8,10,12,14H,5,9H2,1-4H3. The summed E-state index contributed by atoms with van der Waals surface area (Å²) in [6, 6.07) is 4.35. The molecule has 3 heteroatoms. The van der Waals surface area contributed by atoms with Crippen molar-refractivity contribution >= 4 is 0 Å². The molecule has 0 saturated heterocycles. The summed E-state index contributed by atoms with van der Waals surface area (Å²) in [6.45, 7) is 7.00. The van der Waals surface area contributed by atoms with Crippen LogP contribution in [0.5, 0.6) is 0 Å². The molecule has 0 aliphatic carbocycles. The Morgan fingerprint density at radius 1 is 1.50 bits per heavy atom. The highest BCUT2D eigenvalue weighted by Gasteiger charge is 2.28. The van der Waals surface area contributed by atoms with Crippen molar-refractivity contribution in [3.63, 3.8) is 0 Å². The minimum Gasteiger partial charge on any atom is -0.374 e. The molecule has 1 N–H and O–H groups in total. The van der Waals surface area contributed by atoms with Crippen LogP contribution in [0.2, 0.25) is 0 Å². The van der Waals surface area contributed by atoms with Crippen LogP contribution in [-0.4, -0.2) is 30.3 Å². The second-order valence-electron chi connectivity index (χ2n) is 4.44. The van der Waals surface area contributed by atoms with Crippen LogP contribution in [0.3, 0.4) is 0 Å². The van der Waals surface area contributed by atoms with Crippen LogP contribution in [0.25, 0.3) is 0 Å². The normalized spacial score (nSPS) is 13.8. The second kappa shape index (κ2) is 5.97. The molecule has 16 heavy (non-hydrogen) atoms. The van der Waals surface area contributed by atoms with Gasteiger partial charge < -0.3 is 10.1 Å². The predicted molar refractivity (Wildman–Crippen MR) is 66.5 cm³/mol. The lowest BCUT2D eigenvalue weighted by Crippen LogP contribution is -2.48. The van der Waals surface area contributed by atoms with Gasteiger partial charge >= 0.3 is 0 Å². The Bertz CT molecular complexity index is 298. The molecule has 0 saturated carbocycles. The zero-order chi connectivity index (χ0) is 12.0. The van der Waals surface area contributed by atoms with Crippen LogP contribution in [0.1, 0.15) is 26.3 Å². The first kappa shape index (κ1) is 13.1. The minimum atomic E-state index is -0.167. The van der Waals surface area contributed by atoms with Gasteiger partial charge in [0.1, 0.15) is 0 Å². The Labute approximate surface area is 98.2 Å². The monoisotopic (exact) mass is 222 g/mol. The Kier molecular flexibility index (Phi) is 4.90. The largest absolute Gasteiger partial charge is 0.374 e. The van der Waals surface area contributed by atoms with E-state index in [2.05, 4.69) is 30.2 Å². The highest BCUT2D eigenvalue weighted by molar-refractivity contribution is 5.11. The summed E-state index contributed by atoms with van der Waals surface area (Å²) >= 11 is 0. The highest BCUT2D eigenvalue weighted by Crippen LogP contribution is 2.18. The average Bonchev–Trinajstić information content (AvgIpc) is 2.27. The molecule has 0 aliphatic rings. The second-order valence-corrected chi connectivity index (χ2v) is 4.44. The van der Waals surface area contributed by atoms with Crippen LogP contribution in [0, 0.1) is 0 Å². The molecule has 1 atom stereocenters. The van der Waals surface area contributed by atoms with Gasteiger partial charge in [-0.15, -0.1) is 0 Å². The van der Waals surface area contributed by atoms with Gasteiger partial charge in [0.15, 0.2) is 0 Å². The summed E-state index contributed by atoms with van der Waals surface area (Å²) in [7, 11) is 1.97. The molecule has 0 spiro atoms. The van der Waals surface area contributed by atoms with E-state index in [0.717, 1.165) is 13.0 Å². The molecule has 1 unspecified atom stereocenters. The van der Waals surface area contributed by atoms with E-state index in [1.54, 1.807) is 6.20 Å². The van der Waals surface area contributed by atoms with Gasteiger partial charge in [0.25, 0.3) is 0 Å². The third-order valence-electron chi connectivity index (χ3n) is 2.87. The van der Waals surface area contributed by atoms with Gasteiger partial charge in [0.05, 0.1) is 5.60 Å². The van der Waals surface area contributed by atoms with Crippen LogP contribution >= 0.6 is 0 Å². The van der Waals surface area contributed by atoms with Gasteiger partial charge in [-0.1, -0.05) is 6.07 Å².